The number of hydrogen-bond acceptors (Lipinski definition) is 2. The van der Waals surface area contributed by atoms with Gasteiger partial charge in [-0.15, -0.1) is 11.3 Å². The first kappa shape index (κ1) is 7.56. The molecule has 0 bridgehead atoms. The zero-order chi connectivity index (χ0) is 7.84. The van der Waals surface area contributed by atoms with Crippen molar-refractivity contribution in [3.63, 3.8) is 0 Å². The number of aromatic nitrogens is 1. The lowest BCUT2D eigenvalue weighted by atomic mass is 9.93. The number of fused-ring (bicyclic) bond motifs is 1. The minimum atomic E-state index is 0.712. The van der Waals surface area contributed by atoms with Crippen LogP contribution in [0.2, 0.25) is 4.47 Å². The van der Waals surface area contributed by atoms with Gasteiger partial charge in [0, 0.05) is 4.88 Å². The van der Waals surface area contributed by atoms with Crippen LogP contribution in [-0.2, 0) is 12.8 Å². The van der Waals surface area contributed by atoms with Gasteiger partial charge in [0.15, 0.2) is 4.47 Å². The molecule has 0 unspecified atom stereocenters. The molecule has 1 aromatic heterocycles. The third-order valence-electron chi connectivity index (χ3n) is 2.16. The Bertz CT molecular complexity index is 269. The number of rotatable bonds is 0. The van der Waals surface area contributed by atoms with Crippen molar-refractivity contribution in [2.75, 3.05) is 0 Å². The van der Waals surface area contributed by atoms with E-state index in [0.29, 0.717) is 4.47 Å². The second kappa shape index (κ2) is 2.76. The van der Waals surface area contributed by atoms with Gasteiger partial charge in [0.1, 0.15) is 0 Å². The van der Waals surface area contributed by atoms with E-state index in [-0.39, 0.29) is 0 Å². The summed E-state index contributed by atoms with van der Waals surface area (Å²) < 4.78 is 0.712. The first-order chi connectivity index (χ1) is 5.25. The van der Waals surface area contributed by atoms with Crippen LogP contribution in [0.1, 0.15) is 23.9 Å². The molecule has 0 amide bonds. The Hall–Kier alpha value is -0.0800. The van der Waals surface area contributed by atoms with Crippen LogP contribution < -0.4 is 0 Å². The molecule has 0 aliphatic heterocycles. The minimum Gasteiger partial charge on any atom is -0.230 e. The number of halogens is 1. The van der Waals surface area contributed by atoms with Gasteiger partial charge >= 0.3 is 0 Å². The van der Waals surface area contributed by atoms with Crippen molar-refractivity contribution in [2.24, 2.45) is 5.92 Å². The molecule has 0 saturated heterocycles. The maximum absolute atomic E-state index is 5.81. The Labute approximate surface area is 75.4 Å². The highest BCUT2D eigenvalue weighted by Gasteiger charge is 2.18. The molecule has 3 heteroatoms. The van der Waals surface area contributed by atoms with Crippen LogP contribution in [0.15, 0.2) is 0 Å². The van der Waals surface area contributed by atoms with E-state index in [4.69, 9.17) is 11.6 Å². The molecule has 0 saturated carbocycles. The molecule has 0 fully saturated rings. The molecule has 1 atom stereocenters. The van der Waals surface area contributed by atoms with E-state index in [1.165, 1.54) is 23.4 Å². The smallest absolute Gasteiger partial charge is 0.184 e. The molecule has 2 rings (SSSR count). The predicted octanol–water partition coefficient (Wildman–Crippen LogP) is 2.92. The first-order valence-corrected chi connectivity index (χ1v) is 5.09. The second-order valence-electron chi connectivity index (χ2n) is 3.18. The molecule has 0 radical (unpaired) electrons. The Kier molecular flexibility index (Phi) is 1.90. The summed E-state index contributed by atoms with van der Waals surface area (Å²) >= 11 is 7.45. The van der Waals surface area contributed by atoms with Gasteiger partial charge in [0.05, 0.1) is 5.69 Å². The Morgan fingerprint density at radius 2 is 2.45 bits per heavy atom. The van der Waals surface area contributed by atoms with Gasteiger partial charge in [-0.3, -0.25) is 0 Å². The SMILES string of the molecule is C[C@@H]1CCc2nc(Cl)sc2C1. The normalized spacial score (nSPS) is 23.3. The molecule has 1 aliphatic carbocycles. The van der Waals surface area contributed by atoms with Crippen LogP contribution in [0.5, 0.6) is 0 Å². The fraction of sp³-hybridized carbons (Fsp3) is 0.625. The second-order valence-corrected chi connectivity index (χ2v) is 4.85. The fourth-order valence-electron chi connectivity index (χ4n) is 1.51. The van der Waals surface area contributed by atoms with Crippen molar-refractivity contribution < 1.29 is 0 Å². The average Bonchev–Trinajstić information content (AvgIpc) is 2.27. The summed E-state index contributed by atoms with van der Waals surface area (Å²) in [7, 11) is 0. The maximum Gasteiger partial charge on any atom is 0.184 e. The van der Waals surface area contributed by atoms with E-state index in [9.17, 15) is 0 Å². The topological polar surface area (TPSA) is 12.9 Å². The summed E-state index contributed by atoms with van der Waals surface area (Å²) in [6.45, 7) is 2.29. The highest BCUT2D eigenvalue weighted by Crippen LogP contribution is 2.31. The summed E-state index contributed by atoms with van der Waals surface area (Å²) in [6.07, 6.45) is 3.58. The van der Waals surface area contributed by atoms with E-state index in [1.807, 2.05) is 0 Å². The first-order valence-electron chi connectivity index (χ1n) is 3.90. The molecule has 1 aromatic rings. The van der Waals surface area contributed by atoms with Crippen molar-refractivity contribution in [3.05, 3.63) is 15.0 Å². The molecule has 0 aromatic carbocycles. The molecule has 1 nitrogen and oxygen atoms in total. The minimum absolute atomic E-state index is 0.712. The van der Waals surface area contributed by atoms with Crippen LogP contribution in [0.4, 0.5) is 0 Å². The number of thiazole rings is 1. The summed E-state index contributed by atoms with van der Waals surface area (Å²) in [6, 6.07) is 0. The monoisotopic (exact) mass is 187 g/mol. The number of aryl methyl sites for hydroxylation is 1. The molecule has 0 spiro atoms. The van der Waals surface area contributed by atoms with E-state index in [1.54, 1.807) is 11.3 Å². The van der Waals surface area contributed by atoms with Crippen molar-refractivity contribution >= 4 is 22.9 Å². The van der Waals surface area contributed by atoms with Gasteiger partial charge in [-0.2, -0.15) is 0 Å². The lowest BCUT2D eigenvalue weighted by Gasteiger charge is -2.15. The van der Waals surface area contributed by atoms with Gasteiger partial charge in [-0.1, -0.05) is 18.5 Å². The van der Waals surface area contributed by atoms with Crippen LogP contribution >= 0.6 is 22.9 Å². The van der Waals surface area contributed by atoms with Gasteiger partial charge in [0.2, 0.25) is 0 Å². The van der Waals surface area contributed by atoms with Crippen LogP contribution in [0.3, 0.4) is 0 Å². The summed E-state index contributed by atoms with van der Waals surface area (Å²) in [4.78, 5) is 5.68. The molecule has 1 heterocycles. The van der Waals surface area contributed by atoms with Crippen molar-refractivity contribution in [3.8, 4) is 0 Å². The summed E-state index contributed by atoms with van der Waals surface area (Å²) in [5.74, 6) is 0.819. The van der Waals surface area contributed by atoms with Gasteiger partial charge < -0.3 is 0 Å². The third-order valence-corrected chi connectivity index (χ3v) is 3.38. The van der Waals surface area contributed by atoms with E-state index < -0.39 is 0 Å². The highest BCUT2D eigenvalue weighted by molar-refractivity contribution is 7.15. The Morgan fingerprint density at radius 3 is 3.27 bits per heavy atom. The third kappa shape index (κ3) is 1.42. The van der Waals surface area contributed by atoms with Crippen LogP contribution in [0, 0.1) is 5.92 Å². The van der Waals surface area contributed by atoms with Crippen LogP contribution in [0.25, 0.3) is 0 Å². The van der Waals surface area contributed by atoms with Crippen LogP contribution in [-0.4, -0.2) is 4.98 Å². The zero-order valence-electron chi connectivity index (χ0n) is 6.43. The van der Waals surface area contributed by atoms with E-state index in [2.05, 4.69) is 11.9 Å². The summed E-state index contributed by atoms with van der Waals surface area (Å²) in [5.41, 5.74) is 1.25. The molecule has 0 N–H and O–H groups in total. The molecular formula is C8H10ClNS. The number of nitrogens with zero attached hydrogens (tertiary/aromatic N) is 1. The van der Waals surface area contributed by atoms with E-state index >= 15 is 0 Å². The zero-order valence-corrected chi connectivity index (χ0v) is 8.00. The standard InChI is InChI=1S/C8H10ClNS/c1-5-2-3-6-7(4-5)11-8(9)10-6/h5H,2-4H2,1H3/t5-/m1/s1. The Balaban J connectivity index is 2.34. The van der Waals surface area contributed by atoms with Crippen molar-refractivity contribution in [1.82, 2.24) is 4.98 Å². The number of hydrogen-bond donors (Lipinski definition) is 0. The van der Waals surface area contributed by atoms with Gasteiger partial charge in [-0.05, 0) is 25.2 Å². The molecular weight excluding hydrogens is 178 g/mol. The average molecular weight is 188 g/mol. The Morgan fingerprint density at radius 1 is 1.64 bits per heavy atom. The largest absolute Gasteiger partial charge is 0.230 e. The highest BCUT2D eigenvalue weighted by atomic mass is 35.5. The molecule has 11 heavy (non-hydrogen) atoms. The van der Waals surface area contributed by atoms with Crippen molar-refractivity contribution in [1.29, 1.82) is 0 Å². The fourth-order valence-corrected chi connectivity index (χ4v) is 2.88. The van der Waals surface area contributed by atoms with Gasteiger partial charge in [0.25, 0.3) is 0 Å². The quantitative estimate of drug-likeness (QED) is 0.609. The summed E-state index contributed by atoms with van der Waals surface area (Å²) in [5, 5.41) is 0. The predicted molar refractivity (Wildman–Crippen MR) is 48.3 cm³/mol. The maximum atomic E-state index is 5.81. The lowest BCUT2D eigenvalue weighted by molar-refractivity contribution is 0.502. The molecule has 1 aliphatic rings. The van der Waals surface area contributed by atoms with Crippen molar-refractivity contribution in [2.45, 2.75) is 26.2 Å². The van der Waals surface area contributed by atoms with E-state index in [0.717, 1.165) is 12.3 Å². The molecule has 60 valence electrons. The van der Waals surface area contributed by atoms with Gasteiger partial charge in [-0.25, -0.2) is 4.98 Å². The lowest BCUT2D eigenvalue weighted by Crippen LogP contribution is -2.08.